The van der Waals surface area contributed by atoms with Gasteiger partial charge in [0.2, 0.25) is 5.95 Å². The zero-order valence-corrected chi connectivity index (χ0v) is 13.4. The van der Waals surface area contributed by atoms with Gasteiger partial charge in [-0.15, -0.1) is 11.3 Å². The van der Waals surface area contributed by atoms with Gasteiger partial charge >= 0.3 is 0 Å². The van der Waals surface area contributed by atoms with E-state index in [-0.39, 0.29) is 0 Å². The molecule has 0 aliphatic rings. The summed E-state index contributed by atoms with van der Waals surface area (Å²) in [7, 11) is 3.84. The van der Waals surface area contributed by atoms with E-state index < -0.39 is 0 Å². The van der Waals surface area contributed by atoms with Crippen molar-refractivity contribution in [1.82, 2.24) is 9.97 Å². The fourth-order valence-electron chi connectivity index (χ4n) is 2.20. The molecule has 21 heavy (non-hydrogen) atoms. The molecule has 3 rings (SSSR count). The third kappa shape index (κ3) is 2.80. The Kier molecular flexibility index (Phi) is 3.94. The largest absolute Gasteiger partial charge is 0.357 e. The van der Waals surface area contributed by atoms with Gasteiger partial charge in [0, 0.05) is 25.7 Å². The molecule has 4 nitrogen and oxygen atoms in total. The van der Waals surface area contributed by atoms with Crippen molar-refractivity contribution in [2.75, 3.05) is 24.3 Å². The number of benzene rings is 1. The lowest BCUT2D eigenvalue weighted by Crippen LogP contribution is -2.19. The zero-order chi connectivity index (χ0) is 14.8. The predicted octanol–water partition coefficient (Wildman–Crippen LogP) is 4.02. The van der Waals surface area contributed by atoms with E-state index in [2.05, 4.69) is 26.3 Å². The lowest BCUT2D eigenvalue weighted by Gasteiger charge is -2.20. The molecule has 0 saturated heterocycles. The van der Waals surface area contributed by atoms with Crippen LogP contribution in [-0.4, -0.2) is 24.1 Å². The molecule has 108 valence electrons. The molecule has 0 fully saturated rings. The first-order valence-electron chi connectivity index (χ1n) is 6.56. The zero-order valence-electron chi connectivity index (χ0n) is 11.8. The van der Waals surface area contributed by atoms with Crippen molar-refractivity contribution < 1.29 is 0 Å². The van der Waals surface area contributed by atoms with Crippen molar-refractivity contribution in [1.29, 1.82) is 0 Å². The molecule has 0 radical (unpaired) electrons. The normalized spacial score (nSPS) is 10.8. The van der Waals surface area contributed by atoms with E-state index in [0.29, 0.717) is 12.5 Å². The molecule has 1 aromatic carbocycles. The van der Waals surface area contributed by atoms with Crippen molar-refractivity contribution in [3.63, 3.8) is 0 Å². The number of thiophene rings is 1. The van der Waals surface area contributed by atoms with Crippen LogP contribution in [0.4, 0.5) is 11.8 Å². The van der Waals surface area contributed by atoms with E-state index in [1.165, 1.54) is 0 Å². The maximum Gasteiger partial charge on any atom is 0.225 e. The second-order valence-electron chi connectivity index (χ2n) is 4.71. The molecule has 6 heteroatoms. The second-order valence-corrected chi connectivity index (χ2v) is 6.01. The van der Waals surface area contributed by atoms with Gasteiger partial charge in [-0.05, 0) is 23.1 Å². The third-order valence-electron chi connectivity index (χ3n) is 3.26. The number of aromatic nitrogens is 2. The van der Waals surface area contributed by atoms with Crippen LogP contribution < -0.4 is 10.2 Å². The number of nitrogens with zero attached hydrogens (tertiary/aromatic N) is 3. The number of nitrogens with one attached hydrogen (secondary N) is 1. The number of hydrogen-bond acceptors (Lipinski definition) is 5. The summed E-state index contributed by atoms with van der Waals surface area (Å²) in [6, 6.07) is 9.92. The average Bonchev–Trinajstić information content (AvgIpc) is 2.96. The molecule has 2 heterocycles. The van der Waals surface area contributed by atoms with Crippen LogP contribution in [-0.2, 0) is 6.54 Å². The lowest BCUT2D eigenvalue weighted by atomic mass is 10.2. The molecule has 0 amide bonds. The lowest BCUT2D eigenvalue weighted by molar-refractivity contribution is 0.902. The molecule has 3 aromatic rings. The molecular formula is C15H15ClN4S. The molecule has 0 spiro atoms. The van der Waals surface area contributed by atoms with Crippen LogP contribution in [0.2, 0.25) is 5.02 Å². The summed E-state index contributed by atoms with van der Waals surface area (Å²) in [6.07, 6.45) is 0. The Labute approximate surface area is 132 Å². The molecule has 0 bridgehead atoms. The number of rotatable bonds is 4. The smallest absolute Gasteiger partial charge is 0.225 e. The van der Waals surface area contributed by atoms with Crippen LogP contribution in [0.1, 0.15) is 5.56 Å². The minimum absolute atomic E-state index is 0.631. The van der Waals surface area contributed by atoms with Crippen molar-refractivity contribution in [2.45, 2.75) is 6.54 Å². The van der Waals surface area contributed by atoms with Crippen LogP contribution in [0, 0.1) is 0 Å². The van der Waals surface area contributed by atoms with Gasteiger partial charge in [-0.2, -0.15) is 4.98 Å². The van der Waals surface area contributed by atoms with Crippen molar-refractivity contribution >= 4 is 44.9 Å². The summed E-state index contributed by atoms with van der Waals surface area (Å²) in [4.78, 5) is 12.1. The molecule has 0 atom stereocenters. The molecular weight excluding hydrogens is 304 g/mol. The van der Waals surface area contributed by atoms with Crippen LogP contribution in [0.5, 0.6) is 0 Å². The highest BCUT2D eigenvalue weighted by Crippen LogP contribution is 2.29. The van der Waals surface area contributed by atoms with Gasteiger partial charge in [-0.25, -0.2) is 4.98 Å². The summed E-state index contributed by atoms with van der Waals surface area (Å²) >= 11 is 7.86. The van der Waals surface area contributed by atoms with Crippen molar-refractivity contribution in [3.05, 3.63) is 46.3 Å². The predicted molar refractivity (Wildman–Crippen MR) is 90.5 cm³/mol. The molecule has 0 aliphatic heterocycles. The van der Waals surface area contributed by atoms with Gasteiger partial charge in [-0.1, -0.05) is 29.8 Å². The van der Waals surface area contributed by atoms with Gasteiger partial charge in [0.1, 0.15) is 10.6 Å². The highest BCUT2D eigenvalue weighted by atomic mass is 35.5. The van der Waals surface area contributed by atoms with E-state index in [1.54, 1.807) is 11.3 Å². The monoisotopic (exact) mass is 318 g/mol. The quantitative estimate of drug-likeness (QED) is 0.788. The van der Waals surface area contributed by atoms with E-state index in [4.69, 9.17) is 11.6 Å². The molecule has 2 aromatic heterocycles. The molecule has 0 aliphatic carbocycles. The first kappa shape index (κ1) is 14.1. The fraction of sp³-hybridized carbons (Fsp3) is 0.200. The van der Waals surface area contributed by atoms with E-state index >= 15 is 0 Å². The number of hydrogen-bond donors (Lipinski definition) is 1. The first-order valence-corrected chi connectivity index (χ1v) is 7.82. The van der Waals surface area contributed by atoms with Crippen molar-refractivity contribution in [2.24, 2.45) is 0 Å². The Morgan fingerprint density at radius 1 is 1.24 bits per heavy atom. The van der Waals surface area contributed by atoms with Crippen LogP contribution in [0.15, 0.2) is 35.7 Å². The van der Waals surface area contributed by atoms with E-state index in [9.17, 15) is 0 Å². The SMILES string of the molecule is CNc1nc(N(C)Cc2ccccc2Cl)c2ccsc2n1. The van der Waals surface area contributed by atoms with Crippen molar-refractivity contribution in [3.8, 4) is 0 Å². The molecule has 0 saturated carbocycles. The van der Waals surface area contributed by atoms with Gasteiger partial charge in [0.15, 0.2) is 0 Å². The minimum Gasteiger partial charge on any atom is -0.357 e. The minimum atomic E-state index is 0.631. The fourth-order valence-corrected chi connectivity index (χ4v) is 3.15. The maximum atomic E-state index is 6.24. The Balaban J connectivity index is 1.99. The van der Waals surface area contributed by atoms with Gasteiger partial charge < -0.3 is 10.2 Å². The van der Waals surface area contributed by atoms with Gasteiger partial charge in [0.25, 0.3) is 0 Å². The topological polar surface area (TPSA) is 41.1 Å². The number of anilines is 2. The van der Waals surface area contributed by atoms with E-state index in [0.717, 1.165) is 26.6 Å². The third-order valence-corrected chi connectivity index (χ3v) is 4.43. The Hall–Kier alpha value is -1.85. The molecule has 0 unspecified atom stereocenters. The highest BCUT2D eigenvalue weighted by Gasteiger charge is 2.13. The highest BCUT2D eigenvalue weighted by molar-refractivity contribution is 7.16. The standard InChI is InChI=1S/C15H15ClN4S/c1-17-15-18-13(11-7-8-21-14(11)19-15)20(2)9-10-5-3-4-6-12(10)16/h3-8H,9H2,1-2H3,(H,17,18,19). The summed E-state index contributed by atoms with van der Waals surface area (Å²) in [5.41, 5.74) is 1.08. The summed E-state index contributed by atoms with van der Waals surface area (Å²) in [6.45, 7) is 0.699. The number of fused-ring (bicyclic) bond motifs is 1. The second kappa shape index (κ2) is 5.87. The summed E-state index contributed by atoms with van der Waals surface area (Å²) in [5.74, 6) is 1.54. The average molecular weight is 319 g/mol. The van der Waals surface area contributed by atoms with Crippen LogP contribution >= 0.6 is 22.9 Å². The van der Waals surface area contributed by atoms with Gasteiger partial charge in [0.05, 0.1) is 5.39 Å². The summed E-state index contributed by atoms with van der Waals surface area (Å²) in [5, 5.41) is 6.88. The summed E-state index contributed by atoms with van der Waals surface area (Å²) < 4.78 is 0. The molecule has 1 N–H and O–H groups in total. The van der Waals surface area contributed by atoms with E-state index in [1.807, 2.05) is 43.7 Å². The maximum absolute atomic E-state index is 6.24. The first-order chi connectivity index (χ1) is 10.2. The Morgan fingerprint density at radius 2 is 2.05 bits per heavy atom. The number of halogens is 1. The van der Waals surface area contributed by atoms with Gasteiger partial charge in [-0.3, -0.25) is 0 Å². The Morgan fingerprint density at radius 3 is 2.81 bits per heavy atom. The Bertz CT molecular complexity index is 771. The van der Waals surface area contributed by atoms with Crippen LogP contribution in [0.25, 0.3) is 10.2 Å². The van der Waals surface area contributed by atoms with Crippen LogP contribution in [0.3, 0.4) is 0 Å².